The average Bonchev–Trinajstić information content (AvgIpc) is 2.20. The van der Waals surface area contributed by atoms with E-state index in [2.05, 4.69) is 5.32 Å². The van der Waals surface area contributed by atoms with Gasteiger partial charge in [-0.15, -0.1) is 0 Å². The van der Waals surface area contributed by atoms with E-state index in [0.29, 0.717) is 11.3 Å². The van der Waals surface area contributed by atoms with Crippen LogP contribution in [-0.4, -0.2) is 19.1 Å². The number of benzene rings is 1. The molecule has 0 saturated carbocycles. The molecule has 0 spiro atoms. The van der Waals surface area contributed by atoms with Crippen LogP contribution in [0, 0.1) is 12.7 Å². The van der Waals surface area contributed by atoms with Crippen molar-refractivity contribution in [2.75, 3.05) is 12.4 Å². The van der Waals surface area contributed by atoms with Crippen molar-refractivity contribution in [2.45, 2.75) is 20.0 Å². The van der Waals surface area contributed by atoms with Crippen molar-refractivity contribution >= 4 is 11.6 Å². The van der Waals surface area contributed by atoms with Gasteiger partial charge in [-0.25, -0.2) is 4.39 Å². The van der Waals surface area contributed by atoms with Crippen molar-refractivity contribution in [1.82, 2.24) is 0 Å². The van der Waals surface area contributed by atoms with Gasteiger partial charge in [-0.1, -0.05) is 0 Å². The van der Waals surface area contributed by atoms with E-state index >= 15 is 0 Å². The normalized spacial score (nSPS) is 12.3. The fourth-order valence-corrected chi connectivity index (χ4v) is 1.11. The van der Waals surface area contributed by atoms with E-state index < -0.39 is 6.10 Å². The third-order valence-electron chi connectivity index (χ3n) is 2.17. The molecule has 4 heteroatoms. The Morgan fingerprint density at radius 2 is 2.20 bits per heavy atom. The summed E-state index contributed by atoms with van der Waals surface area (Å²) in [6, 6.07) is 4.21. The molecule has 0 fully saturated rings. The lowest BCUT2D eigenvalue weighted by Gasteiger charge is -2.12. The van der Waals surface area contributed by atoms with Gasteiger partial charge in [0.05, 0.1) is 0 Å². The smallest absolute Gasteiger partial charge is 0.253 e. The van der Waals surface area contributed by atoms with E-state index in [1.807, 2.05) is 0 Å². The Bertz CT molecular complexity index is 366. The first-order valence-electron chi connectivity index (χ1n) is 4.64. The van der Waals surface area contributed by atoms with E-state index in [-0.39, 0.29) is 11.7 Å². The number of halogens is 1. The molecule has 1 atom stereocenters. The van der Waals surface area contributed by atoms with Crippen molar-refractivity contribution in [2.24, 2.45) is 0 Å². The minimum atomic E-state index is -0.519. The van der Waals surface area contributed by atoms with Crippen LogP contribution < -0.4 is 5.32 Å². The number of anilines is 1. The van der Waals surface area contributed by atoms with Gasteiger partial charge in [0.15, 0.2) is 0 Å². The van der Waals surface area contributed by atoms with Crippen molar-refractivity contribution in [3.63, 3.8) is 0 Å². The summed E-state index contributed by atoms with van der Waals surface area (Å²) in [5, 5.41) is 2.66. The molecule has 0 radical (unpaired) electrons. The lowest BCUT2D eigenvalue weighted by atomic mass is 10.2. The third kappa shape index (κ3) is 3.02. The van der Waals surface area contributed by atoms with Gasteiger partial charge < -0.3 is 10.1 Å². The monoisotopic (exact) mass is 211 g/mol. The highest BCUT2D eigenvalue weighted by Crippen LogP contribution is 2.15. The zero-order chi connectivity index (χ0) is 11.4. The number of amides is 1. The number of methoxy groups -OCH3 is 1. The van der Waals surface area contributed by atoms with E-state index in [1.165, 1.54) is 25.3 Å². The van der Waals surface area contributed by atoms with Crippen LogP contribution in [0.2, 0.25) is 0 Å². The second kappa shape index (κ2) is 4.89. The summed E-state index contributed by atoms with van der Waals surface area (Å²) in [6.45, 7) is 3.38. The molecule has 1 aromatic rings. The number of rotatable bonds is 3. The maximum Gasteiger partial charge on any atom is 0.253 e. The Morgan fingerprint density at radius 3 is 2.73 bits per heavy atom. The number of ether oxygens (including phenoxy) is 1. The van der Waals surface area contributed by atoms with Crippen molar-refractivity contribution in [3.8, 4) is 0 Å². The molecular formula is C11H14FNO2. The van der Waals surface area contributed by atoms with Crippen LogP contribution in [0.1, 0.15) is 12.5 Å². The maximum atomic E-state index is 12.8. The highest BCUT2D eigenvalue weighted by atomic mass is 19.1. The minimum absolute atomic E-state index is 0.243. The summed E-state index contributed by atoms with van der Waals surface area (Å²) in [7, 11) is 1.46. The first-order valence-corrected chi connectivity index (χ1v) is 4.64. The van der Waals surface area contributed by atoms with Crippen molar-refractivity contribution in [3.05, 3.63) is 29.6 Å². The molecule has 0 bridgehead atoms. The predicted octanol–water partition coefficient (Wildman–Crippen LogP) is 2.11. The summed E-state index contributed by atoms with van der Waals surface area (Å²) in [4.78, 5) is 11.5. The van der Waals surface area contributed by atoms with Crippen LogP contribution in [0.5, 0.6) is 0 Å². The number of carbonyl (C=O) groups is 1. The average molecular weight is 211 g/mol. The SMILES string of the molecule is COC(C)C(=O)Nc1ccc(F)cc1C. The third-order valence-corrected chi connectivity index (χ3v) is 2.17. The fraction of sp³-hybridized carbons (Fsp3) is 0.364. The Labute approximate surface area is 88.2 Å². The first kappa shape index (κ1) is 11.7. The largest absolute Gasteiger partial charge is 0.372 e. The highest BCUT2D eigenvalue weighted by Gasteiger charge is 2.12. The van der Waals surface area contributed by atoms with Gasteiger partial charge in [-0.2, -0.15) is 0 Å². The molecule has 15 heavy (non-hydrogen) atoms. The standard InChI is InChI=1S/C11H14FNO2/c1-7-6-9(12)4-5-10(7)13-11(14)8(2)15-3/h4-6,8H,1-3H3,(H,13,14). The lowest BCUT2D eigenvalue weighted by Crippen LogP contribution is -2.26. The summed E-state index contributed by atoms with van der Waals surface area (Å²) in [6.07, 6.45) is -0.519. The number of nitrogens with one attached hydrogen (secondary N) is 1. The Balaban J connectivity index is 2.77. The van der Waals surface area contributed by atoms with Gasteiger partial charge in [0, 0.05) is 12.8 Å². The van der Waals surface area contributed by atoms with Crippen LogP contribution in [0.25, 0.3) is 0 Å². The minimum Gasteiger partial charge on any atom is -0.372 e. The van der Waals surface area contributed by atoms with Gasteiger partial charge >= 0.3 is 0 Å². The van der Waals surface area contributed by atoms with Crippen LogP contribution in [0.3, 0.4) is 0 Å². The van der Waals surface area contributed by atoms with Gasteiger partial charge in [-0.3, -0.25) is 4.79 Å². The number of aryl methyl sites for hydroxylation is 1. The molecule has 0 saturated heterocycles. The van der Waals surface area contributed by atoms with Crippen LogP contribution in [0.4, 0.5) is 10.1 Å². The van der Waals surface area contributed by atoms with E-state index in [9.17, 15) is 9.18 Å². The molecule has 0 heterocycles. The highest BCUT2D eigenvalue weighted by molar-refractivity contribution is 5.94. The number of carbonyl (C=O) groups excluding carboxylic acids is 1. The topological polar surface area (TPSA) is 38.3 Å². The van der Waals surface area contributed by atoms with Gasteiger partial charge in [-0.05, 0) is 37.6 Å². The zero-order valence-electron chi connectivity index (χ0n) is 9.00. The second-order valence-electron chi connectivity index (χ2n) is 3.33. The maximum absolute atomic E-state index is 12.8. The van der Waals surface area contributed by atoms with Crippen molar-refractivity contribution < 1.29 is 13.9 Å². The molecule has 1 unspecified atom stereocenters. The Kier molecular flexibility index (Phi) is 3.80. The summed E-state index contributed by atoms with van der Waals surface area (Å²) in [5.74, 6) is -0.558. The zero-order valence-corrected chi connectivity index (χ0v) is 9.00. The van der Waals surface area contributed by atoms with Gasteiger partial charge in [0.2, 0.25) is 0 Å². The van der Waals surface area contributed by atoms with E-state index in [0.717, 1.165) is 0 Å². The first-order chi connectivity index (χ1) is 7.04. The molecule has 1 rings (SSSR count). The van der Waals surface area contributed by atoms with Crippen LogP contribution in [0.15, 0.2) is 18.2 Å². The molecule has 1 aromatic carbocycles. The summed E-state index contributed by atoms with van der Waals surface area (Å²) < 4.78 is 17.6. The second-order valence-corrected chi connectivity index (χ2v) is 3.33. The predicted molar refractivity (Wildman–Crippen MR) is 56.2 cm³/mol. The molecule has 0 aliphatic rings. The molecule has 1 N–H and O–H groups in total. The number of hydrogen-bond acceptors (Lipinski definition) is 2. The van der Waals surface area contributed by atoms with E-state index in [4.69, 9.17) is 4.74 Å². The van der Waals surface area contributed by atoms with E-state index in [1.54, 1.807) is 13.8 Å². The molecule has 3 nitrogen and oxygen atoms in total. The van der Waals surface area contributed by atoms with Gasteiger partial charge in [0.25, 0.3) is 5.91 Å². The summed E-state index contributed by atoms with van der Waals surface area (Å²) >= 11 is 0. The lowest BCUT2D eigenvalue weighted by molar-refractivity contribution is -0.124. The van der Waals surface area contributed by atoms with Crippen molar-refractivity contribution in [1.29, 1.82) is 0 Å². The Morgan fingerprint density at radius 1 is 1.53 bits per heavy atom. The number of hydrogen-bond donors (Lipinski definition) is 1. The fourth-order valence-electron chi connectivity index (χ4n) is 1.11. The molecular weight excluding hydrogens is 197 g/mol. The molecule has 0 aromatic heterocycles. The van der Waals surface area contributed by atoms with Crippen LogP contribution in [-0.2, 0) is 9.53 Å². The Hall–Kier alpha value is -1.42. The quantitative estimate of drug-likeness (QED) is 0.831. The van der Waals surface area contributed by atoms with Crippen LogP contribution >= 0.6 is 0 Å². The van der Waals surface area contributed by atoms with Gasteiger partial charge in [0.1, 0.15) is 11.9 Å². The molecule has 82 valence electrons. The molecule has 0 aliphatic heterocycles. The summed E-state index contributed by atoms with van der Waals surface area (Å²) in [5.41, 5.74) is 1.29. The molecule has 0 aliphatic carbocycles. The molecule has 1 amide bonds.